The predicted octanol–water partition coefficient (Wildman–Crippen LogP) is 0.127. The Hall–Kier alpha value is -4.48. The summed E-state index contributed by atoms with van der Waals surface area (Å²) in [6.45, 7) is 0.859. The number of rotatable bonds is 9. The highest BCUT2D eigenvalue weighted by Crippen LogP contribution is 2.14. The van der Waals surface area contributed by atoms with Gasteiger partial charge in [0, 0.05) is 0 Å². The molecule has 2 heterocycles. The average molecular weight is 442 g/mol. The van der Waals surface area contributed by atoms with Crippen molar-refractivity contribution in [3.63, 3.8) is 0 Å². The molecule has 0 saturated carbocycles. The molecular formula is C20H18N4O8. The monoisotopic (exact) mass is 442 g/mol. The van der Waals surface area contributed by atoms with Crippen molar-refractivity contribution in [2.75, 3.05) is 13.2 Å². The van der Waals surface area contributed by atoms with Crippen LogP contribution in [0.15, 0.2) is 76.8 Å². The Balaban J connectivity index is 1.22. The van der Waals surface area contributed by atoms with Crippen LogP contribution in [0.5, 0.6) is 11.5 Å². The normalized spacial score (nSPS) is 10.9. The minimum atomic E-state index is -0.797. The van der Waals surface area contributed by atoms with Gasteiger partial charge in [-0.1, -0.05) is 24.3 Å². The van der Waals surface area contributed by atoms with Crippen LogP contribution >= 0.6 is 0 Å². The zero-order valence-corrected chi connectivity index (χ0v) is 16.6. The highest BCUT2D eigenvalue weighted by atomic mass is 16.5. The third-order valence-corrected chi connectivity index (χ3v) is 4.38. The average Bonchev–Trinajstić information content (AvgIpc) is 3.26. The molecule has 0 saturated heterocycles. The molecule has 0 bridgehead atoms. The maximum absolute atomic E-state index is 11.5. The molecule has 12 nitrogen and oxygen atoms in total. The molecule has 2 aromatic carbocycles. The fraction of sp³-hybridized carbons (Fsp3) is 0.200. The molecular weight excluding hydrogens is 424 g/mol. The van der Waals surface area contributed by atoms with Crippen LogP contribution in [0.25, 0.3) is 0 Å². The van der Waals surface area contributed by atoms with Gasteiger partial charge < -0.3 is 18.5 Å². The van der Waals surface area contributed by atoms with Crippen LogP contribution < -0.4 is 32.4 Å². The largest absolute Gasteiger partial charge is 0.490 e. The van der Waals surface area contributed by atoms with Crippen LogP contribution in [-0.2, 0) is 13.1 Å². The van der Waals surface area contributed by atoms with Gasteiger partial charge in [-0.15, -0.1) is 9.48 Å². The van der Waals surface area contributed by atoms with E-state index in [1.165, 1.54) is 0 Å². The number of H-pyrrole nitrogens is 2. The number of nitrogens with zero attached hydrogens (tertiary/aromatic N) is 2. The molecule has 0 aliphatic rings. The van der Waals surface area contributed by atoms with Crippen molar-refractivity contribution in [3.8, 4) is 11.5 Å². The topological polar surface area (TPSA) is 154 Å². The summed E-state index contributed by atoms with van der Waals surface area (Å²) in [4.78, 5) is 49.0. The molecule has 32 heavy (non-hydrogen) atoms. The maximum atomic E-state index is 11.5. The molecule has 0 fully saturated rings. The molecule has 2 aromatic heterocycles. The van der Waals surface area contributed by atoms with Gasteiger partial charge in [0.15, 0.2) is 0 Å². The molecule has 0 amide bonds. The van der Waals surface area contributed by atoms with E-state index in [4.69, 9.17) is 18.5 Å². The van der Waals surface area contributed by atoms with Crippen LogP contribution in [0.3, 0.4) is 0 Å². The van der Waals surface area contributed by atoms with Gasteiger partial charge in [-0.3, -0.25) is 0 Å². The summed E-state index contributed by atoms with van der Waals surface area (Å²) >= 11 is 0. The molecule has 12 heteroatoms. The molecule has 0 atom stereocenters. The van der Waals surface area contributed by atoms with Crippen molar-refractivity contribution in [1.29, 1.82) is 0 Å². The summed E-state index contributed by atoms with van der Waals surface area (Å²) in [7, 11) is 0. The lowest BCUT2D eigenvalue weighted by molar-refractivity contribution is 0.217. The number of nitrogens with one attached hydrogen (secondary N) is 2. The van der Waals surface area contributed by atoms with E-state index >= 15 is 0 Å². The molecule has 0 aliphatic heterocycles. The zero-order valence-electron chi connectivity index (χ0n) is 16.6. The fourth-order valence-corrected chi connectivity index (χ4v) is 2.87. The van der Waals surface area contributed by atoms with E-state index in [1.54, 1.807) is 48.5 Å². The van der Waals surface area contributed by atoms with Gasteiger partial charge in [-0.25, -0.2) is 29.1 Å². The summed E-state index contributed by atoms with van der Waals surface area (Å²) < 4.78 is 22.6. The first-order valence-corrected chi connectivity index (χ1v) is 9.51. The van der Waals surface area contributed by atoms with Gasteiger partial charge in [0.25, 0.3) is 0 Å². The second-order valence-corrected chi connectivity index (χ2v) is 6.68. The molecule has 0 radical (unpaired) electrons. The molecule has 4 rings (SSSR count). The van der Waals surface area contributed by atoms with E-state index in [9.17, 15) is 19.2 Å². The van der Waals surface area contributed by atoms with E-state index in [2.05, 4.69) is 0 Å². The van der Waals surface area contributed by atoms with Crippen molar-refractivity contribution >= 4 is 0 Å². The maximum Gasteiger partial charge on any atom is 0.440 e. The Bertz CT molecular complexity index is 1290. The van der Waals surface area contributed by atoms with Crippen LogP contribution in [0.2, 0.25) is 0 Å². The molecule has 166 valence electrons. The Morgan fingerprint density at radius 3 is 1.31 bits per heavy atom. The fourth-order valence-electron chi connectivity index (χ4n) is 2.87. The van der Waals surface area contributed by atoms with E-state index in [-0.39, 0.29) is 13.1 Å². The van der Waals surface area contributed by atoms with Gasteiger partial charge >= 0.3 is 22.9 Å². The standard InChI is InChI=1S/C20H18N4O8/c25-17-21-19(27)31-23(17)11-13-1-5-15(6-2-13)29-9-10-30-16-7-3-14(4-8-16)12-24-18(26)22-20(28)32-24/h1-8H,9-12H2,(H,21,25,27)(H,22,26,28). The minimum absolute atomic E-state index is 0.127. The molecule has 0 aliphatic carbocycles. The molecule has 2 N–H and O–H groups in total. The third kappa shape index (κ3) is 5.16. The van der Waals surface area contributed by atoms with E-state index in [0.717, 1.165) is 20.6 Å². The Morgan fingerprint density at radius 1 is 0.625 bits per heavy atom. The highest BCUT2D eigenvalue weighted by Gasteiger charge is 2.05. The number of benzene rings is 2. The van der Waals surface area contributed by atoms with Crippen LogP contribution in [0, 0.1) is 0 Å². The SMILES string of the molecule is O=c1[nH]c(=O)n(Cc2ccc(OCCOc3ccc(Cn4oc(=O)[nH]c4=O)cc3)cc2)o1. The van der Waals surface area contributed by atoms with Crippen LogP contribution in [0.1, 0.15) is 11.1 Å². The first kappa shape index (κ1) is 20.8. The number of aromatic amines is 2. The number of ether oxygens (including phenoxy) is 2. The summed E-state index contributed by atoms with van der Waals surface area (Å²) in [6.07, 6.45) is 0. The van der Waals surface area contributed by atoms with Gasteiger partial charge in [0.2, 0.25) is 0 Å². The summed E-state index contributed by atoms with van der Waals surface area (Å²) in [6, 6.07) is 14.0. The van der Waals surface area contributed by atoms with Gasteiger partial charge in [-0.2, -0.15) is 0 Å². The summed E-state index contributed by atoms with van der Waals surface area (Å²) in [5.41, 5.74) is 0.315. The van der Waals surface area contributed by atoms with Gasteiger partial charge in [0.1, 0.15) is 24.7 Å². The lowest BCUT2D eigenvalue weighted by Crippen LogP contribution is -2.17. The summed E-state index contributed by atoms with van der Waals surface area (Å²) in [5.74, 6) is -0.355. The van der Waals surface area contributed by atoms with Crippen molar-refractivity contribution in [1.82, 2.24) is 19.4 Å². The lowest BCUT2D eigenvalue weighted by atomic mass is 10.2. The Labute approximate surface area is 178 Å². The van der Waals surface area contributed by atoms with E-state index in [1.807, 2.05) is 9.97 Å². The van der Waals surface area contributed by atoms with Crippen molar-refractivity contribution in [3.05, 3.63) is 102 Å². The van der Waals surface area contributed by atoms with Crippen molar-refractivity contribution in [2.24, 2.45) is 0 Å². The first-order valence-electron chi connectivity index (χ1n) is 9.51. The number of hydrogen-bond donors (Lipinski definition) is 2. The van der Waals surface area contributed by atoms with Gasteiger partial charge in [-0.05, 0) is 35.4 Å². The molecule has 4 aromatic rings. The first-order chi connectivity index (χ1) is 15.5. The van der Waals surface area contributed by atoms with E-state index < -0.39 is 22.9 Å². The van der Waals surface area contributed by atoms with Crippen LogP contribution in [0.4, 0.5) is 0 Å². The zero-order chi connectivity index (χ0) is 22.5. The summed E-state index contributed by atoms with van der Waals surface area (Å²) in [5, 5.41) is 0. The van der Waals surface area contributed by atoms with Crippen LogP contribution in [-0.4, -0.2) is 32.7 Å². The quantitative estimate of drug-likeness (QED) is 0.347. The van der Waals surface area contributed by atoms with Gasteiger partial charge in [0.05, 0.1) is 13.1 Å². The number of aromatic nitrogens is 4. The molecule has 0 spiro atoms. The number of hydrogen-bond acceptors (Lipinski definition) is 8. The minimum Gasteiger partial charge on any atom is -0.490 e. The second kappa shape index (κ2) is 9.12. The Kier molecular flexibility index (Phi) is 5.92. The van der Waals surface area contributed by atoms with Crippen molar-refractivity contribution < 1.29 is 18.5 Å². The second-order valence-electron chi connectivity index (χ2n) is 6.68. The third-order valence-electron chi connectivity index (χ3n) is 4.38. The predicted molar refractivity (Wildman–Crippen MR) is 109 cm³/mol. The van der Waals surface area contributed by atoms with Crippen molar-refractivity contribution in [2.45, 2.75) is 13.1 Å². The smallest absolute Gasteiger partial charge is 0.440 e. The van der Waals surface area contributed by atoms with E-state index in [0.29, 0.717) is 24.7 Å². The lowest BCUT2D eigenvalue weighted by Gasteiger charge is -2.09. The highest BCUT2D eigenvalue weighted by molar-refractivity contribution is 5.28. The molecule has 0 unspecified atom stereocenters. The Morgan fingerprint density at radius 2 is 1.00 bits per heavy atom.